The van der Waals surface area contributed by atoms with Crippen LogP contribution in [0.15, 0.2) is 11.8 Å². The topological polar surface area (TPSA) is 35.5 Å². The van der Waals surface area contributed by atoms with Gasteiger partial charge in [0.25, 0.3) is 0 Å². The molecule has 13 heavy (non-hydrogen) atoms. The van der Waals surface area contributed by atoms with Crippen molar-refractivity contribution in [3.8, 4) is 0 Å². The number of hydrogen-bond acceptors (Lipinski definition) is 3. The van der Waals surface area contributed by atoms with Gasteiger partial charge in [0.2, 0.25) is 0 Å². The number of methoxy groups -OCH3 is 1. The van der Waals surface area contributed by atoms with E-state index in [0.29, 0.717) is 18.6 Å². The Morgan fingerprint density at radius 1 is 1.38 bits per heavy atom. The van der Waals surface area contributed by atoms with Gasteiger partial charge in [-0.3, -0.25) is 0 Å². The monoisotopic (exact) mass is 186 g/mol. The minimum atomic E-state index is -0.306. The van der Waals surface area contributed by atoms with E-state index in [1.54, 1.807) is 0 Å². The Balaban J connectivity index is 3.85. The molecule has 76 valence electrons. The van der Waals surface area contributed by atoms with Crippen LogP contribution >= 0.6 is 0 Å². The summed E-state index contributed by atoms with van der Waals surface area (Å²) >= 11 is 0. The van der Waals surface area contributed by atoms with Crippen molar-refractivity contribution in [2.45, 2.75) is 33.1 Å². The Bertz CT molecular complexity index is 173. The normalized spacial score (nSPS) is 11.2. The molecule has 0 aromatic rings. The lowest BCUT2D eigenvalue weighted by Gasteiger charge is -2.03. The van der Waals surface area contributed by atoms with Crippen LogP contribution in [0.2, 0.25) is 0 Å². The smallest absolute Gasteiger partial charge is 0.336 e. The fourth-order valence-corrected chi connectivity index (χ4v) is 0.794. The van der Waals surface area contributed by atoms with E-state index >= 15 is 0 Å². The second kappa shape index (κ2) is 7.65. The highest BCUT2D eigenvalue weighted by Gasteiger charge is 2.06. The number of unbranched alkanes of at least 4 members (excludes halogenated alkanes) is 1. The van der Waals surface area contributed by atoms with E-state index in [1.807, 2.05) is 6.92 Å². The van der Waals surface area contributed by atoms with Crippen LogP contribution in [0.25, 0.3) is 0 Å². The van der Waals surface area contributed by atoms with Crippen LogP contribution in [-0.2, 0) is 14.3 Å². The molecule has 3 nitrogen and oxygen atoms in total. The molecular weight excluding hydrogens is 168 g/mol. The summed E-state index contributed by atoms with van der Waals surface area (Å²) in [6, 6.07) is 0. The summed E-state index contributed by atoms with van der Waals surface area (Å²) in [6.45, 7) is 4.65. The van der Waals surface area contributed by atoms with Crippen LogP contribution < -0.4 is 0 Å². The van der Waals surface area contributed by atoms with E-state index in [-0.39, 0.29) is 5.97 Å². The van der Waals surface area contributed by atoms with Crippen LogP contribution in [0.3, 0.4) is 0 Å². The zero-order chi connectivity index (χ0) is 10.1. The van der Waals surface area contributed by atoms with Gasteiger partial charge in [0.1, 0.15) is 0 Å². The van der Waals surface area contributed by atoms with Gasteiger partial charge in [-0.25, -0.2) is 4.79 Å². The lowest BCUT2D eigenvalue weighted by atomic mass is 10.2. The second-order valence-corrected chi connectivity index (χ2v) is 2.71. The molecular formula is C10H18O3. The van der Waals surface area contributed by atoms with Crippen molar-refractivity contribution in [2.24, 2.45) is 0 Å². The van der Waals surface area contributed by atoms with Crippen molar-refractivity contribution >= 4 is 5.97 Å². The summed E-state index contributed by atoms with van der Waals surface area (Å²) in [7, 11) is 1.37. The summed E-state index contributed by atoms with van der Waals surface area (Å²) in [5, 5.41) is 0. The molecule has 0 amide bonds. The van der Waals surface area contributed by atoms with Gasteiger partial charge in [-0.1, -0.05) is 20.3 Å². The number of hydrogen-bond donors (Lipinski definition) is 0. The van der Waals surface area contributed by atoms with Crippen LogP contribution in [0, 0.1) is 0 Å². The van der Waals surface area contributed by atoms with E-state index in [1.165, 1.54) is 13.4 Å². The van der Waals surface area contributed by atoms with Crippen molar-refractivity contribution in [2.75, 3.05) is 13.7 Å². The zero-order valence-electron chi connectivity index (χ0n) is 8.63. The summed E-state index contributed by atoms with van der Waals surface area (Å²) < 4.78 is 9.76. The van der Waals surface area contributed by atoms with Gasteiger partial charge >= 0.3 is 5.97 Å². The van der Waals surface area contributed by atoms with E-state index in [4.69, 9.17) is 4.74 Å². The molecule has 0 heterocycles. The molecule has 0 saturated heterocycles. The Morgan fingerprint density at radius 2 is 2.08 bits per heavy atom. The number of esters is 1. The van der Waals surface area contributed by atoms with Gasteiger partial charge in [-0.2, -0.15) is 0 Å². The zero-order valence-corrected chi connectivity index (χ0v) is 8.63. The van der Waals surface area contributed by atoms with Gasteiger partial charge in [0.15, 0.2) is 0 Å². The molecule has 0 fully saturated rings. The summed E-state index contributed by atoms with van der Waals surface area (Å²) in [5.74, 6) is -0.306. The second-order valence-electron chi connectivity index (χ2n) is 2.71. The molecule has 0 aliphatic rings. The highest BCUT2D eigenvalue weighted by Crippen LogP contribution is 2.03. The molecule has 0 saturated carbocycles. The molecule has 0 aliphatic heterocycles. The summed E-state index contributed by atoms with van der Waals surface area (Å²) in [4.78, 5) is 11.0. The molecule has 0 spiro atoms. The predicted molar refractivity (Wildman–Crippen MR) is 51.3 cm³/mol. The van der Waals surface area contributed by atoms with Crippen molar-refractivity contribution < 1.29 is 14.3 Å². The maximum Gasteiger partial charge on any atom is 0.336 e. The highest BCUT2D eigenvalue weighted by molar-refractivity contribution is 5.87. The minimum absolute atomic E-state index is 0.306. The summed E-state index contributed by atoms with van der Waals surface area (Å²) in [6.07, 6.45) is 4.24. The lowest BCUT2D eigenvalue weighted by molar-refractivity contribution is -0.136. The van der Waals surface area contributed by atoms with Crippen molar-refractivity contribution in [3.63, 3.8) is 0 Å². The average molecular weight is 186 g/mol. The Labute approximate surface area is 79.7 Å². The fourth-order valence-electron chi connectivity index (χ4n) is 0.794. The number of carbonyl (C=O) groups excluding carboxylic acids is 1. The van der Waals surface area contributed by atoms with E-state index in [0.717, 1.165) is 12.8 Å². The number of carbonyl (C=O) groups is 1. The minimum Gasteiger partial charge on any atom is -0.501 e. The van der Waals surface area contributed by atoms with Gasteiger partial charge < -0.3 is 9.47 Å². The number of rotatable bonds is 6. The van der Waals surface area contributed by atoms with E-state index in [9.17, 15) is 4.79 Å². The van der Waals surface area contributed by atoms with Gasteiger partial charge in [-0.05, 0) is 12.8 Å². The molecule has 0 rings (SSSR count). The molecule has 0 aliphatic carbocycles. The first-order valence-corrected chi connectivity index (χ1v) is 4.65. The molecule has 0 aromatic carbocycles. The quantitative estimate of drug-likeness (QED) is 0.276. The Kier molecular flexibility index (Phi) is 7.07. The van der Waals surface area contributed by atoms with Crippen LogP contribution in [-0.4, -0.2) is 19.7 Å². The standard InChI is InChI=1S/C10H18O3/c1-4-6-7-13-8-9(5-2)10(11)12-3/h8H,4-7H2,1-3H3. The third-order valence-corrected chi connectivity index (χ3v) is 1.67. The predicted octanol–water partition coefficient (Wildman–Crippen LogP) is 2.27. The van der Waals surface area contributed by atoms with Gasteiger partial charge in [-0.15, -0.1) is 0 Å². The fraction of sp³-hybridized carbons (Fsp3) is 0.700. The molecule has 0 N–H and O–H groups in total. The van der Waals surface area contributed by atoms with Crippen molar-refractivity contribution in [1.29, 1.82) is 0 Å². The first-order valence-electron chi connectivity index (χ1n) is 4.65. The SMILES string of the molecule is CCCCOC=C(CC)C(=O)OC. The van der Waals surface area contributed by atoms with Crippen molar-refractivity contribution in [3.05, 3.63) is 11.8 Å². The molecule has 3 heteroatoms. The highest BCUT2D eigenvalue weighted by atomic mass is 16.5. The van der Waals surface area contributed by atoms with E-state index < -0.39 is 0 Å². The molecule has 0 bridgehead atoms. The van der Waals surface area contributed by atoms with Crippen LogP contribution in [0.1, 0.15) is 33.1 Å². The third-order valence-electron chi connectivity index (χ3n) is 1.67. The number of ether oxygens (including phenoxy) is 2. The maximum atomic E-state index is 11.0. The summed E-state index contributed by atoms with van der Waals surface area (Å²) in [5.41, 5.74) is 0.582. The molecule has 0 atom stereocenters. The largest absolute Gasteiger partial charge is 0.501 e. The first kappa shape index (κ1) is 12.0. The van der Waals surface area contributed by atoms with Crippen LogP contribution in [0.5, 0.6) is 0 Å². The lowest BCUT2D eigenvalue weighted by Crippen LogP contribution is -2.04. The van der Waals surface area contributed by atoms with E-state index in [2.05, 4.69) is 11.7 Å². The Hall–Kier alpha value is -0.990. The Morgan fingerprint density at radius 3 is 2.54 bits per heavy atom. The van der Waals surface area contributed by atoms with Gasteiger partial charge in [0.05, 0.1) is 25.6 Å². The van der Waals surface area contributed by atoms with Gasteiger partial charge in [0, 0.05) is 0 Å². The van der Waals surface area contributed by atoms with Crippen molar-refractivity contribution in [1.82, 2.24) is 0 Å². The average Bonchev–Trinajstić information content (AvgIpc) is 2.17. The first-order chi connectivity index (χ1) is 6.26. The molecule has 0 unspecified atom stereocenters. The molecule has 0 aromatic heterocycles. The third kappa shape index (κ3) is 5.28. The molecule has 0 radical (unpaired) electrons. The van der Waals surface area contributed by atoms with Crippen LogP contribution in [0.4, 0.5) is 0 Å². The maximum absolute atomic E-state index is 11.0.